The lowest BCUT2D eigenvalue weighted by Gasteiger charge is -2.11. The van der Waals surface area contributed by atoms with Crippen LogP contribution in [0.25, 0.3) is 0 Å². The van der Waals surface area contributed by atoms with Crippen molar-refractivity contribution in [2.75, 3.05) is 5.73 Å². The van der Waals surface area contributed by atoms with Crippen molar-refractivity contribution in [3.63, 3.8) is 0 Å². The highest BCUT2D eigenvalue weighted by atomic mass is 35.5. The first-order valence-corrected chi connectivity index (χ1v) is 8.58. The molecule has 2 aromatic heterocycles. The molecule has 3 aromatic rings. The molecule has 7 heteroatoms. The van der Waals surface area contributed by atoms with E-state index < -0.39 is 0 Å². The molecule has 26 heavy (non-hydrogen) atoms. The summed E-state index contributed by atoms with van der Waals surface area (Å²) in [5.41, 5.74) is 9.97. The topological polar surface area (TPSA) is 85.8 Å². The van der Waals surface area contributed by atoms with Gasteiger partial charge in [0.1, 0.15) is 5.82 Å². The summed E-state index contributed by atoms with van der Waals surface area (Å²) in [5.74, 6) is 0.293. The molecule has 0 saturated carbocycles. The fourth-order valence-electron chi connectivity index (χ4n) is 2.79. The molecule has 0 spiro atoms. The van der Waals surface area contributed by atoms with Gasteiger partial charge < -0.3 is 11.1 Å². The summed E-state index contributed by atoms with van der Waals surface area (Å²) >= 11 is 6.17. The summed E-state index contributed by atoms with van der Waals surface area (Å²) in [4.78, 5) is 16.6. The molecule has 0 radical (unpaired) electrons. The Labute approximate surface area is 157 Å². The maximum Gasteiger partial charge on any atom is 0.254 e. The number of pyridine rings is 1. The number of carbonyl (C=O) groups is 1. The Bertz CT molecular complexity index is 928. The van der Waals surface area contributed by atoms with Crippen LogP contribution in [-0.2, 0) is 13.1 Å². The Kier molecular flexibility index (Phi) is 5.23. The fraction of sp³-hybridized carbons (Fsp3) is 0.211. The van der Waals surface area contributed by atoms with E-state index in [2.05, 4.69) is 15.4 Å². The second kappa shape index (κ2) is 7.58. The molecule has 0 atom stereocenters. The molecule has 0 saturated heterocycles. The Morgan fingerprint density at radius 2 is 2.08 bits per heavy atom. The van der Waals surface area contributed by atoms with Gasteiger partial charge in [0.15, 0.2) is 0 Å². The largest absolute Gasteiger partial charge is 0.384 e. The van der Waals surface area contributed by atoms with Crippen molar-refractivity contribution in [3.8, 4) is 0 Å². The van der Waals surface area contributed by atoms with Crippen molar-refractivity contribution in [2.24, 2.45) is 0 Å². The number of hydrogen-bond donors (Lipinski definition) is 2. The van der Waals surface area contributed by atoms with Crippen LogP contribution in [0.15, 0.2) is 42.7 Å². The van der Waals surface area contributed by atoms with Crippen LogP contribution in [0.1, 0.15) is 32.7 Å². The Morgan fingerprint density at radius 1 is 1.31 bits per heavy atom. The average molecular weight is 370 g/mol. The van der Waals surface area contributed by atoms with E-state index in [1.165, 1.54) is 0 Å². The van der Waals surface area contributed by atoms with Crippen molar-refractivity contribution < 1.29 is 4.79 Å². The van der Waals surface area contributed by atoms with Crippen molar-refractivity contribution in [1.29, 1.82) is 0 Å². The summed E-state index contributed by atoms with van der Waals surface area (Å²) < 4.78 is 1.69. The minimum absolute atomic E-state index is 0.189. The summed E-state index contributed by atoms with van der Waals surface area (Å²) in [6.45, 7) is 4.73. The number of halogens is 1. The lowest BCUT2D eigenvalue weighted by Crippen LogP contribution is -2.23. The van der Waals surface area contributed by atoms with Gasteiger partial charge in [0.2, 0.25) is 0 Å². The first kappa shape index (κ1) is 17.9. The summed E-state index contributed by atoms with van der Waals surface area (Å²) in [5, 5.41) is 7.83. The summed E-state index contributed by atoms with van der Waals surface area (Å²) in [6, 6.07) is 9.37. The third-order valence-corrected chi connectivity index (χ3v) is 4.55. The molecule has 0 fully saturated rings. The zero-order chi connectivity index (χ0) is 18.7. The van der Waals surface area contributed by atoms with Crippen LogP contribution in [0.3, 0.4) is 0 Å². The van der Waals surface area contributed by atoms with E-state index in [-0.39, 0.29) is 5.91 Å². The molecule has 0 bridgehead atoms. The number of nitrogen functional groups attached to an aromatic ring is 1. The normalized spacial score (nSPS) is 10.7. The van der Waals surface area contributed by atoms with Gasteiger partial charge >= 0.3 is 0 Å². The van der Waals surface area contributed by atoms with Crippen LogP contribution in [0, 0.1) is 13.8 Å². The predicted molar refractivity (Wildman–Crippen MR) is 102 cm³/mol. The molecule has 0 aliphatic rings. The van der Waals surface area contributed by atoms with E-state index >= 15 is 0 Å². The number of nitrogens with zero attached hydrogens (tertiary/aromatic N) is 3. The number of amides is 1. The van der Waals surface area contributed by atoms with E-state index in [9.17, 15) is 4.79 Å². The number of nitrogens with two attached hydrogens (primary N) is 1. The highest BCUT2D eigenvalue weighted by molar-refractivity contribution is 6.31. The molecule has 3 N–H and O–H groups in total. The standard InChI is InChI=1S/C19H20ClN5O/c1-12-7-18(21)24-13(2)16(12)9-22-19(26)15-8-23-25(11-15)10-14-5-3-4-6-17(14)20/h3-8,11H,9-10H2,1-2H3,(H2,21,24)(H,22,26). The quantitative estimate of drug-likeness (QED) is 0.723. The van der Waals surface area contributed by atoms with Crippen molar-refractivity contribution in [3.05, 3.63) is 75.7 Å². The zero-order valence-electron chi connectivity index (χ0n) is 14.7. The van der Waals surface area contributed by atoms with Crippen LogP contribution in [0.2, 0.25) is 5.02 Å². The molecule has 6 nitrogen and oxygen atoms in total. The van der Waals surface area contributed by atoms with Gasteiger partial charge in [-0.2, -0.15) is 5.10 Å². The highest BCUT2D eigenvalue weighted by Crippen LogP contribution is 2.17. The van der Waals surface area contributed by atoms with Gasteiger partial charge in [0.05, 0.1) is 18.3 Å². The lowest BCUT2D eigenvalue weighted by atomic mass is 10.1. The van der Waals surface area contributed by atoms with Gasteiger partial charge in [0, 0.05) is 23.5 Å². The number of aromatic nitrogens is 3. The van der Waals surface area contributed by atoms with Crippen LogP contribution >= 0.6 is 11.6 Å². The van der Waals surface area contributed by atoms with E-state index in [0.29, 0.717) is 29.5 Å². The van der Waals surface area contributed by atoms with E-state index in [1.54, 1.807) is 23.1 Å². The van der Waals surface area contributed by atoms with Crippen LogP contribution < -0.4 is 11.1 Å². The van der Waals surface area contributed by atoms with Crippen LogP contribution in [0.4, 0.5) is 5.82 Å². The van der Waals surface area contributed by atoms with Gasteiger partial charge in [-0.05, 0) is 42.7 Å². The Hall–Kier alpha value is -2.86. The highest BCUT2D eigenvalue weighted by Gasteiger charge is 2.12. The second-order valence-corrected chi connectivity index (χ2v) is 6.54. The number of hydrogen-bond acceptors (Lipinski definition) is 4. The van der Waals surface area contributed by atoms with Crippen LogP contribution in [0.5, 0.6) is 0 Å². The molecular formula is C19H20ClN5O. The van der Waals surface area contributed by atoms with Gasteiger partial charge in [-0.15, -0.1) is 0 Å². The monoisotopic (exact) mass is 369 g/mol. The van der Waals surface area contributed by atoms with Gasteiger partial charge in [-0.25, -0.2) is 4.98 Å². The van der Waals surface area contributed by atoms with E-state index in [0.717, 1.165) is 22.4 Å². The first-order valence-electron chi connectivity index (χ1n) is 8.20. The van der Waals surface area contributed by atoms with E-state index in [4.69, 9.17) is 17.3 Å². The fourth-order valence-corrected chi connectivity index (χ4v) is 2.99. The van der Waals surface area contributed by atoms with Gasteiger partial charge in [-0.1, -0.05) is 29.8 Å². The summed E-state index contributed by atoms with van der Waals surface area (Å²) in [6.07, 6.45) is 3.26. The molecular weight excluding hydrogens is 350 g/mol. The minimum Gasteiger partial charge on any atom is -0.384 e. The first-order chi connectivity index (χ1) is 12.4. The number of carbonyl (C=O) groups excluding carboxylic acids is 1. The maximum atomic E-state index is 12.4. The maximum absolute atomic E-state index is 12.4. The molecule has 134 valence electrons. The number of rotatable bonds is 5. The molecule has 0 aliphatic heterocycles. The van der Waals surface area contributed by atoms with Crippen LogP contribution in [-0.4, -0.2) is 20.7 Å². The van der Waals surface area contributed by atoms with E-state index in [1.807, 2.05) is 38.1 Å². The third kappa shape index (κ3) is 4.03. The predicted octanol–water partition coefficient (Wildman–Crippen LogP) is 3.11. The lowest BCUT2D eigenvalue weighted by molar-refractivity contribution is 0.0950. The number of aryl methyl sites for hydroxylation is 2. The molecule has 1 aromatic carbocycles. The van der Waals surface area contributed by atoms with Gasteiger partial charge in [-0.3, -0.25) is 9.48 Å². The summed E-state index contributed by atoms with van der Waals surface area (Å²) in [7, 11) is 0. The smallest absolute Gasteiger partial charge is 0.254 e. The number of nitrogens with one attached hydrogen (secondary N) is 1. The van der Waals surface area contributed by atoms with Gasteiger partial charge in [0.25, 0.3) is 5.91 Å². The average Bonchev–Trinajstić information content (AvgIpc) is 3.04. The molecule has 0 aliphatic carbocycles. The molecule has 3 rings (SSSR count). The molecule has 0 unspecified atom stereocenters. The molecule has 1 amide bonds. The minimum atomic E-state index is -0.189. The van der Waals surface area contributed by atoms with Crippen molar-refractivity contribution in [2.45, 2.75) is 26.9 Å². The Balaban J connectivity index is 1.66. The number of anilines is 1. The van der Waals surface area contributed by atoms with Crippen molar-refractivity contribution >= 4 is 23.3 Å². The second-order valence-electron chi connectivity index (χ2n) is 6.13. The third-order valence-electron chi connectivity index (χ3n) is 4.19. The number of benzene rings is 1. The SMILES string of the molecule is Cc1cc(N)nc(C)c1CNC(=O)c1cnn(Cc2ccccc2Cl)c1. The zero-order valence-corrected chi connectivity index (χ0v) is 15.4. The Morgan fingerprint density at radius 3 is 2.81 bits per heavy atom. The van der Waals surface area contributed by atoms with Crippen molar-refractivity contribution in [1.82, 2.24) is 20.1 Å². The molecule has 2 heterocycles.